The summed E-state index contributed by atoms with van der Waals surface area (Å²) in [6, 6.07) is 5.09. The Kier molecular flexibility index (Phi) is 3.84. The van der Waals surface area contributed by atoms with Gasteiger partial charge in [-0.1, -0.05) is 6.07 Å². The summed E-state index contributed by atoms with van der Waals surface area (Å²) >= 11 is 0. The number of nitrogens with zero attached hydrogens (tertiary/aromatic N) is 3. The number of amides is 1. The third-order valence-corrected chi connectivity index (χ3v) is 5.58. The predicted octanol–water partition coefficient (Wildman–Crippen LogP) is 1.91. The van der Waals surface area contributed by atoms with Crippen molar-refractivity contribution in [3.63, 3.8) is 0 Å². The monoisotopic (exact) mass is 339 g/mol. The molecule has 0 N–H and O–H groups in total. The molecule has 1 aromatic rings. The molecule has 2 aliphatic rings. The molecule has 0 radical (unpaired) electrons. The highest BCUT2D eigenvalue weighted by Gasteiger charge is 2.42. The Balaban J connectivity index is 1.96. The molecule has 23 heavy (non-hydrogen) atoms. The van der Waals surface area contributed by atoms with E-state index in [2.05, 4.69) is 4.98 Å². The zero-order valence-corrected chi connectivity index (χ0v) is 14.3. The van der Waals surface area contributed by atoms with Crippen LogP contribution in [0.15, 0.2) is 18.2 Å². The smallest absolute Gasteiger partial charge is 0.416 e. The van der Waals surface area contributed by atoms with Crippen molar-refractivity contribution in [1.29, 1.82) is 0 Å². The fraction of sp³-hybridized carbons (Fsp3) is 0.600. The highest BCUT2D eigenvalue weighted by molar-refractivity contribution is 7.88. The van der Waals surface area contributed by atoms with Crippen LogP contribution in [-0.4, -0.2) is 48.7 Å². The summed E-state index contributed by atoms with van der Waals surface area (Å²) < 4.78 is 30.4. The zero-order valence-electron chi connectivity index (χ0n) is 13.5. The maximum absolute atomic E-state index is 12.0. The standard InChI is InChI=1S/C15H21N3O4S/c1-15(2)10-22-14(19)18(15)13-8-4-6-11(16-13)12-7-5-9-17(12)23(3,20)21/h4,6,8,12H,5,7,9-10H2,1-3H3/t12-/m0/s1. The molecule has 0 aliphatic carbocycles. The Morgan fingerprint density at radius 2 is 2.09 bits per heavy atom. The van der Waals surface area contributed by atoms with Crippen LogP contribution in [0.2, 0.25) is 0 Å². The van der Waals surface area contributed by atoms with Gasteiger partial charge < -0.3 is 4.74 Å². The average molecular weight is 339 g/mol. The molecule has 3 rings (SSSR count). The van der Waals surface area contributed by atoms with Gasteiger partial charge >= 0.3 is 6.09 Å². The average Bonchev–Trinajstić information content (AvgIpc) is 3.04. The maximum Gasteiger partial charge on any atom is 0.416 e. The number of pyridine rings is 1. The Hall–Kier alpha value is -1.67. The number of aromatic nitrogens is 1. The SMILES string of the molecule is CC1(C)COC(=O)N1c1cccc([C@@H]2CCCN2S(C)(=O)=O)n1. The molecule has 126 valence electrons. The largest absolute Gasteiger partial charge is 0.447 e. The third-order valence-electron chi connectivity index (χ3n) is 4.29. The van der Waals surface area contributed by atoms with Crippen molar-refractivity contribution in [2.45, 2.75) is 38.3 Å². The molecule has 0 aromatic carbocycles. The van der Waals surface area contributed by atoms with E-state index in [1.54, 1.807) is 12.1 Å². The van der Waals surface area contributed by atoms with Crippen LogP contribution in [0.25, 0.3) is 0 Å². The lowest BCUT2D eigenvalue weighted by atomic mass is 10.1. The van der Waals surface area contributed by atoms with Crippen LogP contribution in [-0.2, 0) is 14.8 Å². The van der Waals surface area contributed by atoms with E-state index in [1.165, 1.54) is 15.5 Å². The number of carbonyl (C=O) groups is 1. The van der Waals surface area contributed by atoms with Gasteiger partial charge in [0.25, 0.3) is 0 Å². The minimum Gasteiger partial charge on any atom is -0.447 e. The van der Waals surface area contributed by atoms with Gasteiger partial charge in [-0.3, -0.25) is 4.90 Å². The summed E-state index contributed by atoms with van der Waals surface area (Å²) in [7, 11) is -3.28. The molecule has 3 heterocycles. The molecule has 2 aliphatic heterocycles. The molecule has 1 atom stereocenters. The van der Waals surface area contributed by atoms with Crippen molar-refractivity contribution in [3.8, 4) is 0 Å². The first-order valence-electron chi connectivity index (χ1n) is 7.61. The van der Waals surface area contributed by atoms with E-state index >= 15 is 0 Å². The highest BCUT2D eigenvalue weighted by Crippen LogP contribution is 2.35. The minimum absolute atomic E-state index is 0.272. The van der Waals surface area contributed by atoms with Gasteiger partial charge in [-0.15, -0.1) is 0 Å². The van der Waals surface area contributed by atoms with Crippen molar-refractivity contribution >= 4 is 21.9 Å². The van der Waals surface area contributed by atoms with Crippen LogP contribution in [0, 0.1) is 0 Å². The maximum atomic E-state index is 12.0. The molecular formula is C15H21N3O4S. The Morgan fingerprint density at radius 1 is 1.35 bits per heavy atom. The van der Waals surface area contributed by atoms with E-state index in [9.17, 15) is 13.2 Å². The van der Waals surface area contributed by atoms with Crippen molar-refractivity contribution in [3.05, 3.63) is 23.9 Å². The first-order valence-corrected chi connectivity index (χ1v) is 9.46. The second-order valence-electron chi connectivity index (χ2n) is 6.65. The predicted molar refractivity (Wildman–Crippen MR) is 85.7 cm³/mol. The van der Waals surface area contributed by atoms with Gasteiger partial charge in [-0.2, -0.15) is 4.31 Å². The molecule has 8 heteroatoms. The van der Waals surface area contributed by atoms with E-state index in [-0.39, 0.29) is 6.04 Å². The second-order valence-corrected chi connectivity index (χ2v) is 8.59. The summed E-state index contributed by atoms with van der Waals surface area (Å²) in [5, 5.41) is 0. The van der Waals surface area contributed by atoms with E-state index in [4.69, 9.17) is 4.74 Å². The molecule has 1 amide bonds. The summed E-state index contributed by atoms with van der Waals surface area (Å²) in [5.74, 6) is 0.496. The normalized spacial score (nSPS) is 24.9. The lowest BCUT2D eigenvalue weighted by molar-refractivity contribution is 0.175. The van der Waals surface area contributed by atoms with Gasteiger partial charge in [0.15, 0.2) is 0 Å². The van der Waals surface area contributed by atoms with Gasteiger partial charge in [0, 0.05) is 6.54 Å². The molecular weight excluding hydrogens is 318 g/mol. The van der Waals surface area contributed by atoms with Gasteiger partial charge in [0.1, 0.15) is 12.4 Å². The molecule has 0 bridgehead atoms. The topological polar surface area (TPSA) is 79.8 Å². The lowest BCUT2D eigenvalue weighted by Crippen LogP contribution is -2.42. The fourth-order valence-electron chi connectivity index (χ4n) is 3.20. The van der Waals surface area contributed by atoms with Crippen molar-refractivity contribution in [2.75, 3.05) is 24.3 Å². The summed E-state index contributed by atoms with van der Waals surface area (Å²) in [6.07, 6.45) is 2.33. The molecule has 0 saturated carbocycles. The van der Waals surface area contributed by atoms with Crippen molar-refractivity contribution < 1.29 is 17.9 Å². The van der Waals surface area contributed by atoms with Crippen LogP contribution in [0.3, 0.4) is 0 Å². The first kappa shape index (κ1) is 16.2. The second kappa shape index (κ2) is 5.45. The first-order chi connectivity index (χ1) is 10.7. The van der Waals surface area contributed by atoms with E-state index in [1.807, 2.05) is 19.9 Å². The molecule has 0 spiro atoms. The zero-order chi connectivity index (χ0) is 16.8. The summed E-state index contributed by atoms with van der Waals surface area (Å²) in [5.41, 5.74) is 0.190. The molecule has 2 saturated heterocycles. The van der Waals surface area contributed by atoms with Gasteiger partial charge in [0.2, 0.25) is 10.0 Å². The number of hydrogen-bond donors (Lipinski definition) is 0. The molecule has 7 nitrogen and oxygen atoms in total. The minimum atomic E-state index is -3.28. The van der Waals surface area contributed by atoms with Gasteiger partial charge in [0.05, 0.1) is 23.5 Å². The number of rotatable bonds is 3. The van der Waals surface area contributed by atoms with Crippen molar-refractivity contribution in [2.24, 2.45) is 0 Å². The van der Waals surface area contributed by atoms with Crippen LogP contribution >= 0.6 is 0 Å². The number of sulfonamides is 1. The molecule has 0 unspecified atom stereocenters. The number of cyclic esters (lactones) is 1. The fourth-order valence-corrected chi connectivity index (χ4v) is 4.34. The molecule has 2 fully saturated rings. The van der Waals surface area contributed by atoms with Gasteiger partial charge in [-0.05, 0) is 38.8 Å². The van der Waals surface area contributed by atoms with Crippen LogP contribution < -0.4 is 4.90 Å². The lowest BCUT2D eigenvalue weighted by Gasteiger charge is -2.28. The van der Waals surface area contributed by atoms with Gasteiger partial charge in [-0.25, -0.2) is 18.2 Å². The number of hydrogen-bond acceptors (Lipinski definition) is 5. The quantitative estimate of drug-likeness (QED) is 0.840. The van der Waals surface area contributed by atoms with E-state index in [0.29, 0.717) is 24.7 Å². The van der Waals surface area contributed by atoms with Crippen molar-refractivity contribution in [1.82, 2.24) is 9.29 Å². The van der Waals surface area contributed by atoms with Crippen LogP contribution in [0.1, 0.15) is 38.4 Å². The summed E-state index contributed by atoms with van der Waals surface area (Å²) in [4.78, 5) is 18.1. The Morgan fingerprint density at radius 3 is 2.70 bits per heavy atom. The van der Waals surface area contributed by atoms with E-state index < -0.39 is 21.7 Å². The Bertz CT molecular complexity index is 732. The van der Waals surface area contributed by atoms with E-state index in [0.717, 1.165) is 12.8 Å². The van der Waals surface area contributed by atoms with Crippen LogP contribution in [0.4, 0.5) is 10.6 Å². The van der Waals surface area contributed by atoms with Crippen LogP contribution in [0.5, 0.6) is 0 Å². The number of ether oxygens (including phenoxy) is 1. The summed E-state index contributed by atoms with van der Waals surface area (Å²) in [6.45, 7) is 4.62. The highest BCUT2D eigenvalue weighted by atomic mass is 32.2. The molecule has 1 aromatic heterocycles. The Labute approximate surface area is 136 Å². The third kappa shape index (κ3) is 2.92. The number of carbonyl (C=O) groups excluding carboxylic acids is 1. The number of anilines is 1.